The van der Waals surface area contributed by atoms with Gasteiger partial charge in [-0.1, -0.05) is 37.3 Å². The largest absolute Gasteiger partial charge is 0.393 e. The van der Waals surface area contributed by atoms with Gasteiger partial charge in [-0.15, -0.1) is 0 Å². The third kappa shape index (κ3) is 5.68. The molecular weight excluding hydrogens is 412 g/mol. The van der Waals surface area contributed by atoms with Crippen LogP contribution in [-0.4, -0.2) is 56.9 Å². The molecule has 172 valence electrons. The van der Waals surface area contributed by atoms with Crippen molar-refractivity contribution in [3.05, 3.63) is 67.3 Å². The van der Waals surface area contributed by atoms with Crippen LogP contribution in [0, 0.1) is 5.92 Å². The van der Waals surface area contributed by atoms with E-state index in [0.29, 0.717) is 11.7 Å². The van der Waals surface area contributed by atoms with Gasteiger partial charge in [0, 0.05) is 55.9 Å². The molecule has 33 heavy (non-hydrogen) atoms. The van der Waals surface area contributed by atoms with Gasteiger partial charge in [-0.05, 0) is 42.4 Å². The van der Waals surface area contributed by atoms with E-state index >= 15 is 0 Å². The van der Waals surface area contributed by atoms with Crippen LogP contribution in [0.1, 0.15) is 31.2 Å². The first-order valence-corrected chi connectivity index (χ1v) is 11.4. The maximum atomic E-state index is 10.0. The van der Waals surface area contributed by atoms with Crippen molar-refractivity contribution >= 4 is 11.4 Å². The summed E-state index contributed by atoms with van der Waals surface area (Å²) in [6.07, 6.45) is 13.1. The van der Waals surface area contributed by atoms with Crippen LogP contribution >= 0.6 is 0 Å². The average Bonchev–Trinajstić information content (AvgIpc) is 3.36. The van der Waals surface area contributed by atoms with E-state index in [1.165, 1.54) is 0 Å². The molecule has 2 unspecified atom stereocenters. The maximum Gasteiger partial charge on any atom is 0.161 e. The van der Waals surface area contributed by atoms with Gasteiger partial charge in [0.25, 0.3) is 0 Å². The summed E-state index contributed by atoms with van der Waals surface area (Å²) in [6, 6.07) is 8.19. The normalized spacial score (nSPS) is 18.7. The number of aromatic amines is 1. The quantitative estimate of drug-likeness (QED) is 0.441. The second-order valence-electron chi connectivity index (χ2n) is 8.84. The lowest BCUT2D eigenvalue weighted by atomic mass is 9.87. The van der Waals surface area contributed by atoms with Crippen LogP contribution in [0.4, 0.5) is 5.82 Å². The second-order valence-corrected chi connectivity index (χ2v) is 8.84. The van der Waals surface area contributed by atoms with E-state index in [2.05, 4.69) is 39.2 Å². The van der Waals surface area contributed by atoms with Crippen molar-refractivity contribution in [2.45, 2.75) is 31.8 Å². The highest BCUT2D eigenvalue weighted by molar-refractivity contribution is 5.78. The first kappa shape index (κ1) is 22.7. The third-order valence-electron chi connectivity index (χ3n) is 5.98. The molecule has 1 fully saturated rings. The Morgan fingerprint density at radius 2 is 2.15 bits per heavy atom. The van der Waals surface area contributed by atoms with Gasteiger partial charge in [0.05, 0.1) is 12.3 Å². The van der Waals surface area contributed by atoms with Crippen molar-refractivity contribution in [1.82, 2.24) is 25.1 Å². The van der Waals surface area contributed by atoms with Gasteiger partial charge in [0.15, 0.2) is 5.82 Å². The monoisotopic (exact) mass is 444 g/mol. The van der Waals surface area contributed by atoms with E-state index in [-0.39, 0.29) is 6.10 Å². The number of H-pyrrole nitrogens is 1. The molecule has 1 aliphatic carbocycles. The lowest BCUT2D eigenvalue weighted by molar-refractivity contribution is 0.104. The molecule has 1 saturated carbocycles. The topological polar surface area (TPSA) is 90.0 Å². The molecule has 0 aliphatic heterocycles. The van der Waals surface area contributed by atoms with Crippen LogP contribution in [0.15, 0.2) is 61.7 Å². The summed E-state index contributed by atoms with van der Waals surface area (Å²) < 4.78 is 0. The Labute approximate surface area is 195 Å². The number of aliphatic hydroxyl groups excluding tert-OH is 1. The van der Waals surface area contributed by atoms with Crippen molar-refractivity contribution in [2.75, 3.05) is 26.0 Å². The molecular formula is C26H32N6O. The molecule has 7 heteroatoms. The molecule has 1 aliphatic rings. The number of aliphatic hydroxyl groups is 1. The fraction of sp³-hybridized carbons (Fsp3) is 0.346. The predicted molar refractivity (Wildman–Crippen MR) is 133 cm³/mol. The number of hydrogen-bond acceptors (Lipinski definition) is 6. The van der Waals surface area contributed by atoms with E-state index < -0.39 is 0 Å². The van der Waals surface area contributed by atoms with Crippen LogP contribution in [0.2, 0.25) is 0 Å². The molecule has 0 radical (unpaired) electrons. The predicted octanol–water partition coefficient (Wildman–Crippen LogP) is 4.59. The highest BCUT2D eigenvalue weighted by atomic mass is 16.3. The molecule has 1 aromatic carbocycles. The molecule has 3 N–H and O–H groups in total. The Balaban J connectivity index is 1.65. The fourth-order valence-electron chi connectivity index (χ4n) is 4.32. The number of hydrogen-bond donors (Lipinski definition) is 3. The van der Waals surface area contributed by atoms with Crippen LogP contribution in [0.5, 0.6) is 0 Å². The van der Waals surface area contributed by atoms with Crippen molar-refractivity contribution < 1.29 is 5.11 Å². The molecule has 0 bridgehead atoms. The minimum atomic E-state index is -0.197. The SMILES string of the molecule is C=C/C(=C\N(C)C)c1cccc(-c2ncc(-c3cn[nH]c3)c(NCC3CCCC(O)C3)n2)c1. The van der Waals surface area contributed by atoms with Crippen LogP contribution in [0.25, 0.3) is 28.1 Å². The smallest absolute Gasteiger partial charge is 0.161 e. The van der Waals surface area contributed by atoms with Crippen molar-refractivity contribution in [3.8, 4) is 22.5 Å². The Kier molecular flexibility index (Phi) is 7.19. The Morgan fingerprint density at radius 3 is 2.88 bits per heavy atom. The van der Waals surface area contributed by atoms with Crippen molar-refractivity contribution in [1.29, 1.82) is 0 Å². The Bertz CT molecular complexity index is 1110. The summed E-state index contributed by atoms with van der Waals surface area (Å²) >= 11 is 0. The maximum absolute atomic E-state index is 10.0. The zero-order valence-electron chi connectivity index (χ0n) is 19.3. The molecule has 4 rings (SSSR count). The molecule has 0 saturated heterocycles. The number of nitrogens with zero attached hydrogens (tertiary/aromatic N) is 4. The summed E-state index contributed by atoms with van der Waals surface area (Å²) in [5.41, 5.74) is 4.87. The molecule has 7 nitrogen and oxygen atoms in total. The van der Waals surface area contributed by atoms with Gasteiger partial charge in [-0.2, -0.15) is 5.10 Å². The van der Waals surface area contributed by atoms with Gasteiger partial charge in [-0.3, -0.25) is 5.10 Å². The van der Waals surface area contributed by atoms with Crippen molar-refractivity contribution in [3.63, 3.8) is 0 Å². The minimum absolute atomic E-state index is 0.197. The number of benzene rings is 1. The highest BCUT2D eigenvalue weighted by Crippen LogP contribution is 2.30. The summed E-state index contributed by atoms with van der Waals surface area (Å²) in [4.78, 5) is 11.6. The number of nitrogens with one attached hydrogen (secondary N) is 2. The molecule has 0 spiro atoms. The van der Waals surface area contributed by atoms with E-state index in [9.17, 15) is 5.11 Å². The van der Waals surface area contributed by atoms with Crippen LogP contribution in [-0.2, 0) is 0 Å². The molecule has 2 atom stereocenters. The minimum Gasteiger partial charge on any atom is -0.393 e. The number of rotatable bonds is 8. The zero-order chi connectivity index (χ0) is 23.2. The first-order chi connectivity index (χ1) is 16.0. The standard InChI is InChI=1S/C26H32N6O/c1-4-19(17-32(2)3)20-8-6-9-21(12-20)25-28-16-24(22-14-29-30-15-22)26(31-25)27-13-18-7-5-10-23(33)11-18/h4,6,8-9,12,14-18,23,33H,1,5,7,10-11,13H2,2-3H3,(H,29,30)(H,27,28,31)/b19-17+. The average molecular weight is 445 g/mol. The van der Waals surface area contributed by atoms with E-state index in [1.54, 1.807) is 6.20 Å². The third-order valence-corrected chi connectivity index (χ3v) is 5.98. The summed E-state index contributed by atoms with van der Waals surface area (Å²) in [5.74, 6) is 1.86. The summed E-state index contributed by atoms with van der Waals surface area (Å²) in [6.45, 7) is 4.73. The van der Waals surface area contributed by atoms with Gasteiger partial charge in [0.1, 0.15) is 5.82 Å². The highest BCUT2D eigenvalue weighted by Gasteiger charge is 2.21. The Morgan fingerprint density at radius 1 is 1.27 bits per heavy atom. The van der Waals surface area contributed by atoms with E-state index in [1.807, 2.05) is 55.8 Å². The Hall–Kier alpha value is -3.45. The number of allylic oxidation sites excluding steroid dienone is 2. The molecule has 3 aromatic rings. The van der Waals surface area contributed by atoms with Gasteiger partial charge in [0.2, 0.25) is 0 Å². The van der Waals surface area contributed by atoms with Crippen LogP contribution in [0.3, 0.4) is 0 Å². The van der Waals surface area contributed by atoms with Gasteiger partial charge in [-0.25, -0.2) is 9.97 Å². The molecule has 2 aromatic heterocycles. The summed E-state index contributed by atoms with van der Waals surface area (Å²) in [7, 11) is 3.99. The van der Waals surface area contributed by atoms with E-state index in [0.717, 1.165) is 65.9 Å². The van der Waals surface area contributed by atoms with Gasteiger partial charge < -0.3 is 15.3 Å². The summed E-state index contributed by atoms with van der Waals surface area (Å²) in [5, 5.41) is 20.5. The van der Waals surface area contributed by atoms with Gasteiger partial charge >= 0.3 is 0 Å². The zero-order valence-corrected chi connectivity index (χ0v) is 19.3. The lowest BCUT2D eigenvalue weighted by Gasteiger charge is -2.26. The number of aromatic nitrogens is 4. The lowest BCUT2D eigenvalue weighted by Crippen LogP contribution is -2.25. The number of anilines is 1. The van der Waals surface area contributed by atoms with E-state index in [4.69, 9.17) is 4.98 Å². The van der Waals surface area contributed by atoms with Crippen LogP contribution < -0.4 is 5.32 Å². The first-order valence-electron chi connectivity index (χ1n) is 11.4. The second kappa shape index (κ2) is 10.4. The molecule has 2 heterocycles. The fourth-order valence-corrected chi connectivity index (χ4v) is 4.32. The van der Waals surface area contributed by atoms with Crippen molar-refractivity contribution in [2.24, 2.45) is 5.92 Å². The molecule has 0 amide bonds.